The predicted molar refractivity (Wildman–Crippen MR) is 169 cm³/mol. The van der Waals surface area contributed by atoms with Crippen molar-refractivity contribution in [1.29, 1.82) is 0 Å². The van der Waals surface area contributed by atoms with E-state index in [1.54, 1.807) is 38.8 Å². The number of morpholine rings is 1. The van der Waals surface area contributed by atoms with E-state index in [2.05, 4.69) is 30.5 Å². The fourth-order valence-electron chi connectivity index (χ4n) is 5.49. The van der Waals surface area contributed by atoms with Crippen molar-refractivity contribution in [3.8, 4) is 11.1 Å². The number of hydrogen-bond donors (Lipinski definition) is 2. The first kappa shape index (κ1) is 31.0. The summed E-state index contributed by atoms with van der Waals surface area (Å²) in [5, 5.41) is 5.99. The van der Waals surface area contributed by atoms with Crippen LogP contribution in [0.25, 0.3) is 22.0 Å². The summed E-state index contributed by atoms with van der Waals surface area (Å²) in [5.41, 5.74) is 1.90. The lowest BCUT2D eigenvalue weighted by Gasteiger charge is -2.29. The first-order valence-corrected chi connectivity index (χ1v) is 15.0. The molecule has 5 heterocycles. The zero-order valence-electron chi connectivity index (χ0n) is 26.0. The number of rotatable bonds is 6. The summed E-state index contributed by atoms with van der Waals surface area (Å²) in [5.74, 6) is -0.622. The molecule has 46 heavy (non-hydrogen) atoms. The maximum Gasteiger partial charge on any atom is 0.414 e. The van der Waals surface area contributed by atoms with Gasteiger partial charge in [-0.15, -0.1) is 0 Å². The van der Waals surface area contributed by atoms with Gasteiger partial charge in [0.05, 0.1) is 35.5 Å². The summed E-state index contributed by atoms with van der Waals surface area (Å²) in [7, 11) is 0. The molecule has 2 N–H and O–H groups in total. The number of pyridine rings is 2. The number of nitrogens with zero attached hydrogens (tertiary/aromatic N) is 6. The largest absolute Gasteiger partial charge is 0.444 e. The topological polar surface area (TPSA) is 135 Å². The van der Waals surface area contributed by atoms with E-state index in [0.29, 0.717) is 85.4 Å². The minimum Gasteiger partial charge on any atom is -0.444 e. The van der Waals surface area contributed by atoms with Crippen LogP contribution in [0.5, 0.6) is 0 Å². The molecule has 0 unspecified atom stereocenters. The van der Waals surface area contributed by atoms with E-state index in [0.717, 1.165) is 12.1 Å². The van der Waals surface area contributed by atoms with Gasteiger partial charge in [0, 0.05) is 79.5 Å². The molecule has 14 heteroatoms. The molecule has 3 aromatic heterocycles. The third-order valence-electron chi connectivity index (χ3n) is 7.61. The minimum absolute atomic E-state index is 0.0467. The number of benzene rings is 1. The van der Waals surface area contributed by atoms with Gasteiger partial charge in [0.25, 0.3) is 0 Å². The van der Waals surface area contributed by atoms with Crippen molar-refractivity contribution in [1.82, 2.24) is 19.9 Å². The molecule has 4 aromatic rings. The number of fused-ring (bicyclic) bond motifs is 1. The number of aromatic nitrogens is 4. The molecule has 2 saturated heterocycles. The number of carbonyl (C=O) groups is 2. The summed E-state index contributed by atoms with van der Waals surface area (Å²) in [4.78, 5) is 46.4. The third-order valence-corrected chi connectivity index (χ3v) is 7.61. The van der Waals surface area contributed by atoms with Gasteiger partial charge in [0.2, 0.25) is 11.9 Å². The van der Waals surface area contributed by atoms with Gasteiger partial charge in [0.15, 0.2) is 0 Å². The Balaban J connectivity index is 1.44. The minimum atomic E-state index is -0.794. The molecule has 0 saturated carbocycles. The summed E-state index contributed by atoms with van der Waals surface area (Å²) in [6.07, 6.45) is 5.05. The molecular weight excluding hydrogens is 598 g/mol. The van der Waals surface area contributed by atoms with E-state index in [1.807, 2.05) is 6.07 Å². The standard InChI is InChI=1S/C32H34F2N8O4/c1-18-28(27-22(34)12-20(33)13-24(27)39-29(18)42-7-5-6-26(42)43)38-23-14-25(41-8-10-45-11-9-41)35-17-21(23)19-15-36-30(37-16-19)40-31(44)46-32(2,3)4/h12-17H,5-11H2,1-4H3,(H,35,38,39)(H,36,37,40,44). The molecule has 0 aliphatic carbocycles. The highest BCUT2D eigenvalue weighted by Crippen LogP contribution is 2.40. The predicted octanol–water partition coefficient (Wildman–Crippen LogP) is 5.73. The fraction of sp³-hybridized carbons (Fsp3) is 0.375. The maximum absolute atomic E-state index is 15.5. The Morgan fingerprint density at radius 3 is 2.43 bits per heavy atom. The summed E-state index contributed by atoms with van der Waals surface area (Å²) in [6.45, 7) is 9.82. The second kappa shape index (κ2) is 12.4. The third kappa shape index (κ3) is 6.52. The Hall–Kier alpha value is -4.98. The lowest BCUT2D eigenvalue weighted by Crippen LogP contribution is -2.36. The van der Waals surface area contributed by atoms with Crippen LogP contribution >= 0.6 is 0 Å². The van der Waals surface area contributed by atoms with E-state index in [4.69, 9.17) is 14.5 Å². The number of amides is 2. The van der Waals surface area contributed by atoms with E-state index >= 15 is 4.39 Å². The highest BCUT2D eigenvalue weighted by Gasteiger charge is 2.28. The summed E-state index contributed by atoms with van der Waals surface area (Å²) >= 11 is 0. The Morgan fingerprint density at radius 2 is 1.76 bits per heavy atom. The van der Waals surface area contributed by atoms with Gasteiger partial charge in [-0.05, 0) is 34.1 Å². The average molecular weight is 633 g/mol. The highest BCUT2D eigenvalue weighted by molar-refractivity contribution is 6.03. The van der Waals surface area contributed by atoms with Crippen molar-refractivity contribution >= 4 is 51.9 Å². The van der Waals surface area contributed by atoms with Gasteiger partial charge in [-0.1, -0.05) is 0 Å². The summed E-state index contributed by atoms with van der Waals surface area (Å²) < 4.78 is 40.7. The second-order valence-corrected chi connectivity index (χ2v) is 12.1. The van der Waals surface area contributed by atoms with Crippen molar-refractivity contribution in [3.63, 3.8) is 0 Å². The lowest BCUT2D eigenvalue weighted by molar-refractivity contribution is -0.117. The molecule has 0 radical (unpaired) electrons. The van der Waals surface area contributed by atoms with Gasteiger partial charge in [-0.2, -0.15) is 0 Å². The fourth-order valence-corrected chi connectivity index (χ4v) is 5.49. The number of halogens is 2. The Morgan fingerprint density at radius 1 is 1.02 bits per heavy atom. The van der Waals surface area contributed by atoms with Crippen LogP contribution in [-0.2, 0) is 14.3 Å². The lowest BCUT2D eigenvalue weighted by atomic mass is 10.0. The molecule has 0 atom stereocenters. The van der Waals surface area contributed by atoms with Crippen LogP contribution in [0.4, 0.5) is 42.5 Å². The first-order valence-electron chi connectivity index (χ1n) is 15.0. The maximum atomic E-state index is 15.5. The smallest absolute Gasteiger partial charge is 0.414 e. The molecule has 240 valence electrons. The van der Waals surface area contributed by atoms with Crippen LogP contribution in [0, 0.1) is 18.6 Å². The number of ether oxygens (including phenoxy) is 2. The molecule has 2 aliphatic heterocycles. The second-order valence-electron chi connectivity index (χ2n) is 12.1. The van der Waals surface area contributed by atoms with Crippen LogP contribution in [-0.4, -0.2) is 70.4 Å². The van der Waals surface area contributed by atoms with Crippen molar-refractivity contribution < 1.29 is 27.8 Å². The molecule has 0 bridgehead atoms. The van der Waals surface area contributed by atoms with Crippen LogP contribution < -0.4 is 20.4 Å². The molecule has 2 amide bonds. The van der Waals surface area contributed by atoms with Crippen molar-refractivity contribution in [2.45, 2.75) is 46.1 Å². The first-order chi connectivity index (χ1) is 22.0. The Bertz CT molecular complexity index is 1810. The quantitative estimate of drug-likeness (QED) is 0.272. The van der Waals surface area contributed by atoms with Crippen LogP contribution in [0.3, 0.4) is 0 Å². The Kier molecular flexibility index (Phi) is 8.38. The number of hydrogen-bond acceptors (Lipinski definition) is 10. The van der Waals surface area contributed by atoms with Gasteiger partial charge in [0.1, 0.15) is 28.9 Å². The molecular formula is C32H34F2N8O4. The zero-order chi connectivity index (χ0) is 32.6. The van der Waals surface area contributed by atoms with E-state index in [9.17, 15) is 14.0 Å². The van der Waals surface area contributed by atoms with Crippen molar-refractivity contribution in [3.05, 3.63) is 54.0 Å². The average Bonchev–Trinajstić information content (AvgIpc) is 3.43. The van der Waals surface area contributed by atoms with Crippen molar-refractivity contribution in [2.75, 3.05) is 53.3 Å². The highest BCUT2D eigenvalue weighted by atomic mass is 19.1. The SMILES string of the molecule is Cc1c(N2CCCC2=O)nc2cc(F)cc(F)c2c1Nc1cc(N2CCOCC2)ncc1-c1cnc(NC(=O)OC(C)(C)C)nc1. The molecule has 1 aromatic carbocycles. The van der Waals surface area contributed by atoms with Gasteiger partial charge < -0.3 is 19.7 Å². The molecule has 0 spiro atoms. The monoisotopic (exact) mass is 632 g/mol. The van der Waals surface area contributed by atoms with Gasteiger partial charge in [-0.3, -0.25) is 15.0 Å². The molecule has 2 aliphatic rings. The van der Waals surface area contributed by atoms with E-state index in [1.165, 1.54) is 12.4 Å². The number of carbonyl (C=O) groups excluding carboxylic acids is 2. The number of anilines is 5. The zero-order valence-corrected chi connectivity index (χ0v) is 26.0. The Labute approximate surface area is 264 Å². The van der Waals surface area contributed by atoms with Gasteiger partial charge in [-0.25, -0.2) is 33.5 Å². The van der Waals surface area contributed by atoms with Crippen LogP contribution in [0.15, 0.2) is 36.8 Å². The molecule has 6 rings (SSSR count). The summed E-state index contributed by atoms with van der Waals surface area (Å²) in [6, 6.07) is 3.80. The normalized spacial score (nSPS) is 15.4. The van der Waals surface area contributed by atoms with E-state index in [-0.39, 0.29) is 22.8 Å². The van der Waals surface area contributed by atoms with E-state index < -0.39 is 23.3 Å². The number of nitrogens with one attached hydrogen (secondary N) is 2. The van der Waals surface area contributed by atoms with Crippen LogP contribution in [0.2, 0.25) is 0 Å². The van der Waals surface area contributed by atoms with Crippen molar-refractivity contribution in [2.24, 2.45) is 0 Å². The van der Waals surface area contributed by atoms with Gasteiger partial charge >= 0.3 is 6.09 Å². The molecule has 12 nitrogen and oxygen atoms in total. The van der Waals surface area contributed by atoms with Crippen LogP contribution in [0.1, 0.15) is 39.2 Å². The molecule has 2 fully saturated rings.